The van der Waals surface area contributed by atoms with E-state index in [-0.39, 0.29) is 23.2 Å². The monoisotopic (exact) mass is 481 g/mol. The van der Waals surface area contributed by atoms with Crippen molar-refractivity contribution in [2.75, 3.05) is 6.61 Å². The van der Waals surface area contributed by atoms with Crippen molar-refractivity contribution in [3.8, 4) is 5.75 Å². The molecule has 2 aliphatic rings. The molecule has 0 unspecified atom stereocenters. The number of hydrogen-bond donors (Lipinski definition) is 2. The van der Waals surface area contributed by atoms with E-state index in [9.17, 15) is 28.2 Å². The Balaban J connectivity index is 1.92. The Bertz CT molecular complexity index is 1060. The number of phenolic OH excluding ortho intramolecular Hbond substituents is 1. The highest BCUT2D eigenvalue weighted by atomic mass is 32.2. The lowest BCUT2D eigenvalue weighted by molar-refractivity contribution is -0.168. The van der Waals surface area contributed by atoms with Crippen LogP contribution in [-0.2, 0) is 41.6 Å². The minimum absolute atomic E-state index is 0.131. The highest BCUT2D eigenvalue weighted by Crippen LogP contribution is 2.49. The molecule has 9 heteroatoms. The summed E-state index contributed by atoms with van der Waals surface area (Å²) >= 11 is 0. The number of carbonyl (C=O) groups is 2. The lowest BCUT2D eigenvalue weighted by Gasteiger charge is -2.42. The fourth-order valence-electron chi connectivity index (χ4n) is 4.71. The quantitative estimate of drug-likeness (QED) is 0.500. The van der Waals surface area contributed by atoms with Crippen LogP contribution >= 0.6 is 0 Å². The third kappa shape index (κ3) is 3.83. The Hall–Kier alpha value is -2.13. The standard InChI is InChI=1S/C24H35NO7S/c1-22(2,3)15-9-13(10-16(17(15)27)23(4,5)6)12-32-21(29)18-24(7,8)33(30,31)20-14(11-26)19(28)25(18)20/h9-10,14,18,20,26-27H,11-12H2,1-8H3/t14-,18+,20-/m1/s1. The second-order valence-electron chi connectivity index (χ2n) is 11.6. The zero-order valence-corrected chi connectivity index (χ0v) is 21.4. The molecule has 0 aliphatic carbocycles. The molecule has 1 amide bonds. The molecule has 0 aromatic heterocycles. The molecule has 1 aromatic carbocycles. The first-order valence-corrected chi connectivity index (χ1v) is 12.6. The average Bonchev–Trinajstić information content (AvgIpc) is 2.80. The lowest BCUT2D eigenvalue weighted by atomic mass is 9.78. The number of phenols is 1. The van der Waals surface area contributed by atoms with Crippen LogP contribution in [0, 0.1) is 5.92 Å². The molecular formula is C24H35NO7S. The summed E-state index contributed by atoms with van der Waals surface area (Å²) in [6.07, 6.45) is 0. The summed E-state index contributed by atoms with van der Waals surface area (Å²) < 4.78 is 30.0. The van der Waals surface area contributed by atoms with Gasteiger partial charge in [0.1, 0.15) is 23.8 Å². The number of rotatable bonds is 4. The molecule has 3 rings (SSSR count). The predicted molar refractivity (Wildman–Crippen MR) is 123 cm³/mol. The molecule has 2 aliphatic heterocycles. The SMILES string of the molecule is CC(C)(C)c1cc(COC(=O)[C@@H]2N3C(=O)[C@@H](CO)[C@H]3S(=O)(=O)C2(C)C)cc(C(C)(C)C)c1O. The van der Waals surface area contributed by atoms with Crippen molar-refractivity contribution in [1.82, 2.24) is 4.90 Å². The summed E-state index contributed by atoms with van der Waals surface area (Å²) in [5.74, 6) is -2.21. The van der Waals surface area contributed by atoms with Crippen LogP contribution in [0.4, 0.5) is 0 Å². The zero-order valence-electron chi connectivity index (χ0n) is 20.6. The number of sulfone groups is 1. The number of ether oxygens (including phenoxy) is 1. The molecule has 0 saturated carbocycles. The second kappa shape index (κ2) is 7.70. The maximum absolute atomic E-state index is 13.1. The maximum Gasteiger partial charge on any atom is 0.330 e. The highest BCUT2D eigenvalue weighted by molar-refractivity contribution is 7.93. The van der Waals surface area contributed by atoms with Crippen LogP contribution in [0.2, 0.25) is 0 Å². The van der Waals surface area contributed by atoms with Gasteiger partial charge in [-0.15, -0.1) is 0 Å². The number of hydrogen-bond acceptors (Lipinski definition) is 7. The number of aliphatic hydroxyl groups excluding tert-OH is 1. The Morgan fingerprint density at radius 1 is 1.09 bits per heavy atom. The number of benzene rings is 1. The van der Waals surface area contributed by atoms with Gasteiger partial charge in [-0.1, -0.05) is 41.5 Å². The topological polar surface area (TPSA) is 121 Å². The van der Waals surface area contributed by atoms with E-state index in [0.29, 0.717) is 16.7 Å². The van der Waals surface area contributed by atoms with E-state index in [2.05, 4.69) is 0 Å². The van der Waals surface area contributed by atoms with Gasteiger partial charge in [0.25, 0.3) is 0 Å². The molecule has 2 saturated heterocycles. The number of amides is 1. The molecule has 0 radical (unpaired) electrons. The van der Waals surface area contributed by atoms with Crippen LogP contribution in [-0.4, -0.2) is 58.2 Å². The van der Waals surface area contributed by atoms with Gasteiger partial charge in [0.2, 0.25) is 5.91 Å². The van der Waals surface area contributed by atoms with E-state index >= 15 is 0 Å². The fourth-order valence-corrected chi connectivity index (χ4v) is 7.02. The predicted octanol–water partition coefficient (Wildman–Crippen LogP) is 2.38. The fraction of sp³-hybridized carbons (Fsp3) is 0.667. The number of esters is 1. The summed E-state index contributed by atoms with van der Waals surface area (Å²) in [6.45, 7) is 13.9. The van der Waals surface area contributed by atoms with Crippen molar-refractivity contribution in [2.45, 2.75) is 89.0 Å². The van der Waals surface area contributed by atoms with E-state index in [0.717, 1.165) is 4.90 Å². The van der Waals surface area contributed by atoms with E-state index in [1.54, 1.807) is 12.1 Å². The number of β-lactam (4-membered cyclic amide) rings is 1. The number of nitrogens with zero attached hydrogens (tertiary/aromatic N) is 1. The van der Waals surface area contributed by atoms with Gasteiger partial charge in [0.15, 0.2) is 9.84 Å². The van der Waals surface area contributed by atoms with Gasteiger partial charge >= 0.3 is 5.97 Å². The van der Waals surface area contributed by atoms with Gasteiger partial charge in [0.05, 0.1) is 17.3 Å². The van der Waals surface area contributed by atoms with Crippen molar-refractivity contribution >= 4 is 21.7 Å². The Kier molecular flexibility index (Phi) is 5.95. The first-order chi connectivity index (χ1) is 14.9. The van der Waals surface area contributed by atoms with Crippen LogP contribution in [0.1, 0.15) is 72.1 Å². The number of fused-ring (bicyclic) bond motifs is 1. The molecule has 0 spiro atoms. The van der Waals surface area contributed by atoms with Gasteiger partial charge in [-0.25, -0.2) is 13.2 Å². The van der Waals surface area contributed by atoms with E-state index in [1.165, 1.54) is 13.8 Å². The lowest BCUT2D eigenvalue weighted by Crippen LogP contribution is -2.64. The third-order valence-corrected chi connectivity index (χ3v) is 9.65. The Labute approximate surface area is 195 Å². The Morgan fingerprint density at radius 3 is 2.00 bits per heavy atom. The minimum Gasteiger partial charge on any atom is -0.507 e. The van der Waals surface area contributed by atoms with Crippen molar-refractivity contribution in [3.63, 3.8) is 0 Å². The van der Waals surface area contributed by atoms with Gasteiger partial charge < -0.3 is 19.8 Å². The summed E-state index contributed by atoms with van der Waals surface area (Å²) in [4.78, 5) is 26.6. The van der Waals surface area contributed by atoms with Gasteiger partial charge in [-0.2, -0.15) is 0 Å². The van der Waals surface area contributed by atoms with E-state index in [1.807, 2.05) is 41.5 Å². The van der Waals surface area contributed by atoms with Crippen molar-refractivity contribution in [2.24, 2.45) is 5.92 Å². The largest absolute Gasteiger partial charge is 0.507 e. The third-order valence-electron chi connectivity index (χ3n) is 6.76. The smallest absolute Gasteiger partial charge is 0.330 e. The first kappa shape index (κ1) is 25.5. The summed E-state index contributed by atoms with van der Waals surface area (Å²) in [7, 11) is -3.88. The molecule has 8 nitrogen and oxygen atoms in total. The number of aromatic hydroxyl groups is 1. The molecular weight excluding hydrogens is 446 g/mol. The van der Waals surface area contributed by atoms with Crippen molar-refractivity contribution in [1.29, 1.82) is 0 Å². The van der Waals surface area contributed by atoms with E-state index in [4.69, 9.17) is 4.74 Å². The van der Waals surface area contributed by atoms with Crippen LogP contribution in [0.25, 0.3) is 0 Å². The van der Waals surface area contributed by atoms with Crippen LogP contribution in [0.15, 0.2) is 12.1 Å². The summed E-state index contributed by atoms with van der Waals surface area (Å²) in [5.41, 5.74) is 1.38. The first-order valence-electron chi connectivity index (χ1n) is 11.1. The molecule has 3 atom stereocenters. The summed E-state index contributed by atoms with van der Waals surface area (Å²) in [6, 6.07) is 2.28. The highest BCUT2D eigenvalue weighted by Gasteiger charge is 2.72. The zero-order chi connectivity index (χ0) is 25.3. The molecule has 184 valence electrons. The van der Waals surface area contributed by atoms with Crippen LogP contribution in [0.3, 0.4) is 0 Å². The molecule has 1 aromatic rings. The molecule has 0 bridgehead atoms. The van der Waals surface area contributed by atoms with Gasteiger partial charge in [-0.05, 0) is 53.5 Å². The van der Waals surface area contributed by atoms with Gasteiger partial charge in [0, 0.05) is 0 Å². The normalized spacial score (nSPS) is 26.0. The van der Waals surface area contributed by atoms with Crippen molar-refractivity contribution < 1.29 is 33.0 Å². The molecule has 2 heterocycles. The molecule has 2 fully saturated rings. The number of carbonyl (C=O) groups excluding carboxylic acids is 2. The molecule has 2 N–H and O–H groups in total. The van der Waals surface area contributed by atoms with E-state index < -0.39 is 50.4 Å². The average molecular weight is 482 g/mol. The maximum atomic E-state index is 13.1. The Morgan fingerprint density at radius 2 is 1.58 bits per heavy atom. The summed E-state index contributed by atoms with van der Waals surface area (Å²) in [5, 5.41) is 19.1. The number of aliphatic hydroxyl groups is 1. The van der Waals surface area contributed by atoms with Crippen LogP contribution in [0.5, 0.6) is 5.75 Å². The van der Waals surface area contributed by atoms with Gasteiger partial charge in [-0.3, -0.25) is 4.79 Å². The molecule has 33 heavy (non-hydrogen) atoms. The van der Waals surface area contributed by atoms with Crippen LogP contribution < -0.4 is 0 Å². The van der Waals surface area contributed by atoms with Crippen molar-refractivity contribution in [3.05, 3.63) is 28.8 Å². The minimum atomic E-state index is -3.88. The second-order valence-corrected chi connectivity index (χ2v) is 14.2.